The van der Waals surface area contributed by atoms with Crippen molar-refractivity contribution in [3.8, 4) is 5.75 Å². The van der Waals surface area contributed by atoms with Gasteiger partial charge in [-0.05, 0) is 72.9 Å². The van der Waals surface area contributed by atoms with Gasteiger partial charge >= 0.3 is 5.97 Å². The van der Waals surface area contributed by atoms with Crippen LogP contribution in [0.4, 0.5) is 0 Å². The first-order chi connectivity index (χ1) is 16.4. The van der Waals surface area contributed by atoms with E-state index < -0.39 is 5.97 Å². The molecule has 1 aliphatic rings. The zero-order valence-corrected chi connectivity index (χ0v) is 19.0. The predicted octanol–water partition coefficient (Wildman–Crippen LogP) is 3.88. The van der Waals surface area contributed by atoms with E-state index in [0.29, 0.717) is 42.8 Å². The van der Waals surface area contributed by atoms with Crippen LogP contribution >= 0.6 is 0 Å². The summed E-state index contributed by atoms with van der Waals surface area (Å²) >= 11 is 0. The van der Waals surface area contributed by atoms with Crippen LogP contribution in [-0.4, -0.2) is 42.1 Å². The second-order valence-corrected chi connectivity index (χ2v) is 8.70. The highest BCUT2D eigenvalue weighted by atomic mass is 16.5. The smallest absolute Gasteiger partial charge is 0.306 e. The minimum Gasteiger partial charge on any atom is -0.491 e. The SMILES string of the molecule is CC(CC1CC1C(=O)O)Oc1ccc(C(=O)NCCNC(=O)c2ccc3ccccc3c2)cc1. The Balaban J connectivity index is 1.18. The molecule has 0 bridgehead atoms. The van der Waals surface area contributed by atoms with E-state index in [0.717, 1.165) is 10.8 Å². The largest absolute Gasteiger partial charge is 0.491 e. The highest BCUT2D eigenvalue weighted by Gasteiger charge is 2.43. The van der Waals surface area contributed by atoms with E-state index in [1.54, 1.807) is 30.3 Å². The van der Waals surface area contributed by atoms with Crippen LogP contribution in [0.25, 0.3) is 10.8 Å². The number of hydrogen-bond donors (Lipinski definition) is 3. The lowest BCUT2D eigenvalue weighted by molar-refractivity contribution is -0.138. The number of hydrogen-bond acceptors (Lipinski definition) is 4. The molecule has 3 N–H and O–H groups in total. The van der Waals surface area contributed by atoms with Crippen LogP contribution in [-0.2, 0) is 4.79 Å². The number of benzene rings is 3. The molecular formula is C27H28N2O5. The van der Waals surface area contributed by atoms with Gasteiger partial charge in [0.15, 0.2) is 0 Å². The Morgan fingerprint density at radius 3 is 2.18 bits per heavy atom. The van der Waals surface area contributed by atoms with Crippen molar-refractivity contribution < 1.29 is 24.2 Å². The maximum atomic E-state index is 12.4. The van der Waals surface area contributed by atoms with Crippen LogP contribution in [0.1, 0.15) is 40.5 Å². The third-order valence-corrected chi connectivity index (χ3v) is 6.04. The topological polar surface area (TPSA) is 105 Å². The molecule has 0 aliphatic heterocycles. The molecule has 176 valence electrons. The summed E-state index contributed by atoms with van der Waals surface area (Å²) in [4.78, 5) is 35.7. The Hall–Kier alpha value is -3.87. The number of rotatable bonds is 10. The fraction of sp³-hybridized carbons (Fsp3) is 0.296. The summed E-state index contributed by atoms with van der Waals surface area (Å²) < 4.78 is 5.85. The lowest BCUT2D eigenvalue weighted by Gasteiger charge is -2.15. The van der Waals surface area contributed by atoms with Crippen molar-refractivity contribution in [2.45, 2.75) is 25.9 Å². The van der Waals surface area contributed by atoms with E-state index in [-0.39, 0.29) is 29.8 Å². The van der Waals surface area contributed by atoms with E-state index in [1.807, 2.05) is 43.3 Å². The molecule has 3 atom stereocenters. The molecule has 0 saturated heterocycles. The molecule has 0 radical (unpaired) electrons. The fourth-order valence-corrected chi connectivity index (χ4v) is 4.09. The predicted molar refractivity (Wildman–Crippen MR) is 129 cm³/mol. The first-order valence-electron chi connectivity index (χ1n) is 11.5. The molecule has 7 heteroatoms. The molecule has 3 unspecified atom stereocenters. The molecule has 3 aromatic carbocycles. The summed E-state index contributed by atoms with van der Waals surface area (Å²) in [5.41, 5.74) is 1.07. The van der Waals surface area contributed by atoms with Crippen molar-refractivity contribution in [3.05, 3.63) is 77.9 Å². The van der Waals surface area contributed by atoms with Gasteiger partial charge in [-0.15, -0.1) is 0 Å². The van der Waals surface area contributed by atoms with E-state index in [1.165, 1.54) is 0 Å². The van der Waals surface area contributed by atoms with E-state index >= 15 is 0 Å². The molecule has 34 heavy (non-hydrogen) atoms. The fourth-order valence-electron chi connectivity index (χ4n) is 4.09. The van der Waals surface area contributed by atoms with Crippen LogP contribution in [0.2, 0.25) is 0 Å². The number of carboxylic acids is 1. The molecule has 1 fully saturated rings. The molecule has 7 nitrogen and oxygen atoms in total. The van der Waals surface area contributed by atoms with Gasteiger partial charge in [-0.1, -0.05) is 30.3 Å². The van der Waals surface area contributed by atoms with Crippen LogP contribution in [0.3, 0.4) is 0 Å². The number of ether oxygens (including phenoxy) is 1. The van der Waals surface area contributed by atoms with Crippen molar-refractivity contribution in [3.63, 3.8) is 0 Å². The first kappa shape index (κ1) is 23.3. The minimum absolute atomic E-state index is 0.0970. The highest BCUT2D eigenvalue weighted by molar-refractivity contribution is 5.98. The van der Waals surface area contributed by atoms with Gasteiger partial charge in [0.2, 0.25) is 0 Å². The lowest BCUT2D eigenvalue weighted by atomic mass is 10.1. The van der Waals surface area contributed by atoms with Gasteiger partial charge in [-0.3, -0.25) is 14.4 Å². The normalized spacial score (nSPS) is 17.6. The Labute approximate surface area is 198 Å². The van der Waals surface area contributed by atoms with Crippen molar-refractivity contribution in [2.24, 2.45) is 11.8 Å². The molecular weight excluding hydrogens is 432 g/mol. The van der Waals surface area contributed by atoms with Gasteiger partial charge in [-0.25, -0.2) is 0 Å². The third kappa shape index (κ3) is 5.92. The maximum Gasteiger partial charge on any atom is 0.306 e. The van der Waals surface area contributed by atoms with Crippen molar-refractivity contribution in [1.29, 1.82) is 0 Å². The molecule has 0 aromatic heterocycles. The zero-order valence-electron chi connectivity index (χ0n) is 19.0. The molecule has 0 heterocycles. The summed E-state index contributed by atoms with van der Waals surface area (Å²) in [6.45, 7) is 2.54. The summed E-state index contributed by atoms with van der Waals surface area (Å²) in [6.07, 6.45) is 1.31. The van der Waals surface area contributed by atoms with Gasteiger partial charge in [0.25, 0.3) is 11.8 Å². The van der Waals surface area contributed by atoms with E-state index in [9.17, 15) is 14.4 Å². The monoisotopic (exact) mass is 460 g/mol. The molecule has 3 aromatic rings. The highest BCUT2D eigenvalue weighted by Crippen LogP contribution is 2.42. The molecule has 0 spiro atoms. The average molecular weight is 461 g/mol. The summed E-state index contributed by atoms with van der Waals surface area (Å²) in [5.74, 6) is -0.577. The van der Waals surface area contributed by atoms with Gasteiger partial charge in [0, 0.05) is 24.2 Å². The summed E-state index contributed by atoms with van der Waals surface area (Å²) in [6, 6.07) is 20.2. The number of carboxylic acid groups (broad SMARTS) is 1. The van der Waals surface area contributed by atoms with Gasteiger partial charge in [-0.2, -0.15) is 0 Å². The first-order valence-corrected chi connectivity index (χ1v) is 11.5. The van der Waals surface area contributed by atoms with E-state index in [2.05, 4.69) is 10.6 Å². The lowest BCUT2D eigenvalue weighted by Crippen LogP contribution is -2.34. The minimum atomic E-state index is -0.735. The van der Waals surface area contributed by atoms with Crippen LogP contribution in [0, 0.1) is 11.8 Å². The quantitative estimate of drug-likeness (QED) is 0.398. The molecule has 1 aliphatic carbocycles. The van der Waals surface area contributed by atoms with Gasteiger partial charge < -0.3 is 20.5 Å². The maximum absolute atomic E-state index is 12.4. The standard InChI is InChI=1S/C27H28N2O5/c1-17(14-22-16-24(22)27(32)33)34-23-10-8-19(9-11-23)25(30)28-12-13-29-26(31)21-7-6-18-4-2-3-5-20(18)15-21/h2-11,15,17,22,24H,12-14,16H2,1H3,(H,28,30)(H,29,31)(H,32,33). The summed E-state index contributed by atoms with van der Waals surface area (Å²) in [5, 5.41) is 16.7. The van der Waals surface area contributed by atoms with Crippen LogP contribution < -0.4 is 15.4 Å². The Morgan fingerprint density at radius 1 is 0.912 bits per heavy atom. The van der Waals surface area contributed by atoms with Gasteiger partial charge in [0.05, 0.1) is 12.0 Å². The second kappa shape index (κ2) is 10.4. The van der Waals surface area contributed by atoms with Crippen LogP contribution in [0.15, 0.2) is 66.7 Å². The van der Waals surface area contributed by atoms with Crippen molar-refractivity contribution in [1.82, 2.24) is 10.6 Å². The Morgan fingerprint density at radius 2 is 1.53 bits per heavy atom. The van der Waals surface area contributed by atoms with E-state index in [4.69, 9.17) is 9.84 Å². The molecule has 2 amide bonds. The number of carbonyl (C=O) groups is 3. The zero-order chi connectivity index (χ0) is 24.1. The number of fused-ring (bicyclic) bond motifs is 1. The Kier molecular flexibility index (Phi) is 7.11. The number of amides is 2. The van der Waals surface area contributed by atoms with Crippen molar-refractivity contribution >= 4 is 28.6 Å². The second-order valence-electron chi connectivity index (χ2n) is 8.70. The average Bonchev–Trinajstić information content (AvgIpc) is 3.61. The number of aliphatic carboxylic acids is 1. The molecule has 4 rings (SSSR count). The Bertz CT molecular complexity index is 1190. The summed E-state index contributed by atoms with van der Waals surface area (Å²) in [7, 11) is 0. The third-order valence-electron chi connectivity index (χ3n) is 6.04. The van der Waals surface area contributed by atoms with Crippen LogP contribution in [0.5, 0.6) is 5.75 Å². The van der Waals surface area contributed by atoms with Crippen molar-refractivity contribution in [2.75, 3.05) is 13.1 Å². The number of carbonyl (C=O) groups excluding carboxylic acids is 2. The van der Waals surface area contributed by atoms with Gasteiger partial charge in [0.1, 0.15) is 5.75 Å². The number of nitrogens with one attached hydrogen (secondary N) is 2. The molecule has 1 saturated carbocycles.